The molecule has 0 amide bonds. The summed E-state index contributed by atoms with van der Waals surface area (Å²) in [5, 5.41) is 4.69. The van der Waals surface area contributed by atoms with Gasteiger partial charge in [-0.1, -0.05) is 23.7 Å². The second-order valence-electron chi connectivity index (χ2n) is 5.80. The van der Waals surface area contributed by atoms with Crippen LogP contribution >= 0.6 is 11.6 Å². The molecule has 6 nitrogen and oxygen atoms in total. The summed E-state index contributed by atoms with van der Waals surface area (Å²) in [5.41, 5.74) is 3.56. The van der Waals surface area contributed by atoms with Crippen LogP contribution in [-0.2, 0) is 23.0 Å². The van der Waals surface area contributed by atoms with Crippen LogP contribution in [0.5, 0.6) is 0 Å². The first-order valence-electron chi connectivity index (χ1n) is 7.54. The third-order valence-corrected chi connectivity index (χ3v) is 6.54. The molecule has 3 aromatic rings. The van der Waals surface area contributed by atoms with Gasteiger partial charge in [0.15, 0.2) is 5.65 Å². The van der Waals surface area contributed by atoms with Gasteiger partial charge in [-0.25, -0.2) is 17.9 Å². The van der Waals surface area contributed by atoms with Crippen molar-refractivity contribution < 1.29 is 8.42 Å². The minimum Gasteiger partial charge on any atom is -0.237 e. The summed E-state index contributed by atoms with van der Waals surface area (Å²) in [6.07, 6.45) is 2.32. The number of fused-ring (bicyclic) bond motifs is 3. The molecule has 1 aliphatic heterocycles. The Morgan fingerprint density at radius 3 is 2.83 bits per heavy atom. The molecule has 0 bridgehead atoms. The van der Waals surface area contributed by atoms with E-state index >= 15 is 0 Å². The number of aryl methyl sites for hydroxylation is 1. The smallest absolute Gasteiger partial charge is 0.237 e. The van der Waals surface area contributed by atoms with E-state index < -0.39 is 10.0 Å². The first-order valence-corrected chi connectivity index (χ1v) is 9.36. The van der Waals surface area contributed by atoms with Gasteiger partial charge >= 0.3 is 0 Å². The molecule has 0 unspecified atom stereocenters. The molecule has 1 aromatic carbocycles. The number of hydrogen-bond donors (Lipinski definition) is 0. The molecule has 3 heterocycles. The van der Waals surface area contributed by atoms with Crippen LogP contribution in [0.4, 0.5) is 0 Å². The number of halogens is 1. The van der Waals surface area contributed by atoms with E-state index in [0.717, 1.165) is 22.6 Å². The predicted octanol–water partition coefficient (Wildman–Crippen LogP) is 2.44. The Balaban J connectivity index is 1.74. The maximum atomic E-state index is 12.9. The number of aromatic nitrogens is 3. The van der Waals surface area contributed by atoms with Crippen molar-refractivity contribution in [2.24, 2.45) is 0 Å². The molecule has 0 fully saturated rings. The lowest BCUT2D eigenvalue weighted by Crippen LogP contribution is -2.37. The molecule has 0 N–H and O–H groups in total. The van der Waals surface area contributed by atoms with Gasteiger partial charge in [0.2, 0.25) is 10.0 Å². The number of benzene rings is 1. The third kappa shape index (κ3) is 2.40. The lowest BCUT2D eigenvalue weighted by atomic mass is 10.1. The summed E-state index contributed by atoms with van der Waals surface area (Å²) in [6, 6.07) is 8.42. The predicted molar refractivity (Wildman–Crippen MR) is 90.5 cm³/mol. The Kier molecular flexibility index (Phi) is 3.59. The molecular weight excluding hydrogens is 348 g/mol. The lowest BCUT2D eigenvalue weighted by molar-refractivity contribution is 0.384. The van der Waals surface area contributed by atoms with E-state index in [4.69, 9.17) is 11.6 Å². The number of rotatable bonds is 2. The normalized spacial score (nSPS) is 15.6. The average Bonchev–Trinajstić information content (AvgIpc) is 2.95. The van der Waals surface area contributed by atoms with Crippen molar-refractivity contribution in [3.8, 4) is 0 Å². The van der Waals surface area contributed by atoms with E-state index in [9.17, 15) is 8.42 Å². The number of nitrogens with zero attached hydrogens (tertiary/aromatic N) is 4. The molecule has 0 radical (unpaired) electrons. The van der Waals surface area contributed by atoms with Crippen molar-refractivity contribution in [2.45, 2.75) is 24.8 Å². The monoisotopic (exact) mass is 362 g/mol. The highest BCUT2D eigenvalue weighted by atomic mass is 35.5. The van der Waals surface area contributed by atoms with Crippen LogP contribution in [0.2, 0.25) is 5.02 Å². The summed E-state index contributed by atoms with van der Waals surface area (Å²) in [6.45, 7) is 2.57. The average molecular weight is 363 g/mol. The van der Waals surface area contributed by atoms with Crippen molar-refractivity contribution in [2.75, 3.05) is 6.54 Å². The van der Waals surface area contributed by atoms with E-state index in [0.29, 0.717) is 13.0 Å². The fourth-order valence-corrected chi connectivity index (χ4v) is 4.94. The highest BCUT2D eigenvalue weighted by Gasteiger charge is 2.31. The van der Waals surface area contributed by atoms with Crippen LogP contribution in [-0.4, -0.2) is 33.9 Å². The van der Waals surface area contributed by atoms with E-state index in [1.54, 1.807) is 24.4 Å². The summed E-state index contributed by atoms with van der Waals surface area (Å²) < 4.78 is 29.0. The third-order valence-electron chi connectivity index (χ3n) is 4.19. The van der Waals surface area contributed by atoms with Crippen LogP contribution in [0.3, 0.4) is 0 Å². The van der Waals surface area contributed by atoms with Crippen molar-refractivity contribution in [1.82, 2.24) is 18.9 Å². The summed E-state index contributed by atoms with van der Waals surface area (Å²) in [4.78, 5) is 4.51. The molecule has 4 rings (SSSR count). The molecule has 0 saturated heterocycles. The maximum Gasteiger partial charge on any atom is 0.244 e. The molecule has 0 saturated carbocycles. The Bertz CT molecular complexity index is 1050. The van der Waals surface area contributed by atoms with E-state index in [2.05, 4.69) is 10.1 Å². The highest BCUT2D eigenvalue weighted by Crippen LogP contribution is 2.28. The van der Waals surface area contributed by atoms with Crippen molar-refractivity contribution in [3.63, 3.8) is 0 Å². The van der Waals surface area contributed by atoms with Gasteiger partial charge in [0.05, 0.1) is 16.4 Å². The van der Waals surface area contributed by atoms with E-state index in [1.807, 2.05) is 17.5 Å². The first kappa shape index (κ1) is 15.6. The molecule has 2 aromatic heterocycles. The fraction of sp³-hybridized carbons (Fsp3) is 0.250. The molecule has 24 heavy (non-hydrogen) atoms. The van der Waals surface area contributed by atoms with Crippen molar-refractivity contribution in [3.05, 3.63) is 58.5 Å². The number of hydrogen-bond acceptors (Lipinski definition) is 4. The van der Waals surface area contributed by atoms with Crippen LogP contribution in [0.1, 0.15) is 17.0 Å². The van der Waals surface area contributed by atoms with Gasteiger partial charge in [0, 0.05) is 37.3 Å². The van der Waals surface area contributed by atoms with Crippen LogP contribution in [0.25, 0.3) is 5.65 Å². The standard InChI is InChI=1S/C16H15ClN4O2S/c1-11-8-16-18-9-12-10-20(7-6-14(12)21(16)19-11)24(22,23)15-5-3-2-4-13(15)17/h2-5,8-9H,6-7,10H2,1H3. The molecule has 0 aliphatic carbocycles. The second kappa shape index (κ2) is 5.54. The van der Waals surface area contributed by atoms with Crippen molar-refractivity contribution in [1.29, 1.82) is 0 Å². The summed E-state index contributed by atoms with van der Waals surface area (Å²) in [5.74, 6) is 0. The van der Waals surface area contributed by atoms with Gasteiger partial charge in [-0.3, -0.25) is 0 Å². The number of sulfonamides is 1. The quantitative estimate of drug-likeness (QED) is 0.702. The first-order chi connectivity index (χ1) is 11.5. The SMILES string of the molecule is Cc1cc2ncc3c(n2n1)CCN(S(=O)(=O)c1ccccc1Cl)C3. The van der Waals surface area contributed by atoms with Crippen LogP contribution in [0.15, 0.2) is 41.4 Å². The Labute approximate surface area is 144 Å². The van der Waals surface area contributed by atoms with Gasteiger partial charge in [0.25, 0.3) is 0 Å². The Morgan fingerprint density at radius 2 is 2.04 bits per heavy atom. The van der Waals surface area contributed by atoms with E-state index in [-0.39, 0.29) is 16.5 Å². The van der Waals surface area contributed by atoms with Crippen LogP contribution in [0, 0.1) is 6.92 Å². The molecule has 8 heteroatoms. The van der Waals surface area contributed by atoms with Crippen LogP contribution < -0.4 is 0 Å². The van der Waals surface area contributed by atoms with Gasteiger partial charge in [-0.05, 0) is 19.1 Å². The Morgan fingerprint density at radius 1 is 1.25 bits per heavy atom. The molecule has 124 valence electrons. The largest absolute Gasteiger partial charge is 0.244 e. The van der Waals surface area contributed by atoms with Gasteiger partial charge < -0.3 is 0 Å². The highest BCUT2D eigenvalue weighted by molar-refractivity contribution is 7.89. The molecule has 0 spiro atoms. The lowest BCUT2D eigenvalue weighted by Gasteiger charge is -2.28. The molecule has 0 atom stereocenters. The zero-order valence-corrected chi connectivity index (χ0v) is 14.5. The van der Waals surface area contributed by atoms with Crippen molar-refractivity contribution >= 4 is 27.3 Å². The minimum atomic E-state index is -3.64. The minimum absolute atomic E-state index is 0.138. The summed E-state index contributed by atoms with van der Waals surface area (Å²) in [7, 11) is -3.64. The van der Waals surface area contributed by atoms with Gasteiger partial charge in [-0.15, -0.1) is 0 Å². The molecule has 1 aliphatic rings. The Hall–Kier alpha value is -1.96. The summed E-state index contributed by atoms with van der Waals surface area (Å²) >= 11 is 6.08. The van der Waals surface area contributed by atoms with Gasteiger partial charge in [0.1, 0.15) is 4.90 Å². The van der Waals surface area contributed by atoms with E-state index in [1.165, 1.54) is 10.4 Å². The second-order valence-corrected chi connectivity index (χ2v) is 8.12. The zero-order chi connectivity index (χ0) is 16.9. The topological polar surface area (TPSA) is 67.6 Å². The maximum absolute atomic E-state index is 12.9. The zero-order valence-electron chi connectivity index (χ0n) is 13.0. The molecular formula is C16H15ClN4O2S. The van der Waals surface area contributed by atoms with Gasteiger partial charge in [-0.2, -0.15) is 9.40 Å². The fourth-order valence-electron chi connectivity index (χ4n) is 3.03.